The van der Waals surface area contributed by atoms with E-state index < -0.39 is 11.9 Å². The lowest BCUT2D eigenvalue weighted by Crippen LogP contribution is -2.66. The molecule has 136 valence electrons. The molecule has 0 radical (unpaired) electrons. The van der Waals surface area contributed by atoms with Crippen LogP contribution in [0.25, 0.3) is 11.0 Å². The summed E-state index contributed by atoms with van der Waals surface area (Å²) in [5.74, 6) is -0.700. The highest BCUT2D eigenvalue weighted by molar-refractivity contribution is 6.00. The highest BCUT2D eigenvalue weighted by Gasteiger charge is 2.68. The fourth-order valence-corrected chi connectivity index (χ4v) is 5.55. The van der Waals surface area contributed by atoms with Crippen molar-refractivity contribution in [1.29, 1.82) is 0 Å². The smallest absolute Gasteiger partial charge is 0.329 e. The van der Waals surface area contributed by atoms with Crippen LogP contribution < -0.4 is 11.0 Å². The molecule has 0 spiro atoms. The summed E-state index contributed by atoms with van der Waals surface area (Å²) in [6.07, 6.45) is 3.43. The summed E-state index contributed by atoms with van der Waals surface area (Å²) in [6, 6.07) is 5.22. The number of fused-ring (bicyclic) bond motifs is 1. The number of hydrogen-bond donors (Lipinski definition) is 2. The molecule has 2 amide bonds. The number of aromatic nitrogens is 2. The van der Waals surface area contributed by atoms with Gasteiger partial charge in [-0.2, -0.15) is 0 Å². The number of benzene rings is 1. The lowest BCUT2D eigenvalue weighted by Gasteiger charge is -2.70. The Morgan fingerprint density at radius 2 is 1.96 bits per heavy atom. The second-order valence-corrected chi connectivity index (χ2v) is 8.32. The van der Waals surface area contributed by atoms with E-state index in [4.69, 9.17) is 0 Å². The molecule has 1 aromatic heterocycles. The third-order valence-corrected chi connectivity index (χ3v) is 6.67. The summed E-state index contributed by atoms with van der Waals surface area (Å²) >= 11 is 0. The summed E-state index contributed by atoms with van der Waals surface area (Å²) in [5, 5.41) is 11.9. The van der Waals surface area contributed by atoms with Crippen molar-refractivity contribution >= 4 is 22.8 Å². The zero-order chi connectivity index (χ0) is 18.3. The lowest BCUT2D eigenvalue weighted by atomic mass is 9.33. The number of amides is 2. The normalized spacial score (nSPS) is 32.9. The minimum atomic E-state index is -0.657. The van der Waals surface area contributed by atoms with E-state index in [-0.39, 0.29) is 35.5 Å². The predicted octanol–water partition coefficient (Wildman–Crippen LogP) is 0.732. The van der Waals surface area contributed by atoms with Crippen molar-refractivity contribution in [3.63, 3.8) is 0 Å². The molecule has 1 atom stereocenters. The number of carbonyl (C=O) groups excluding carboxylic acids is 2. The van der Waals surface area contributed by atoms with E-state index in [1.807, 2.05) is 12.1 Å². The number of rotatable bonds is 3. The van der Waals surface area contributed by atoms with Gasteiger partial charge in [0.2, 0.25) is 11.8 Å². The predicted molar refractivity (Wildman–Crippen MR) is 93.6 cm³/mol. The van der Waals surface area contributed by atoms with Crippen LogP contribution in [-0.2, 0) is 22.1 Å². The first-order valence-corrected chi connectivity index (χ1v) is 9.05. The summed E-state index contributed by atoms with van der Waals surface area (Å²) in [4.78, 5) is 36.7. The Morgan fingerprint density at radius 1 is 1.23 bits per heavy atom. The third kappa shape index (κ3) is 1.79. The van der Waals surface area contributed by atoms with Crippen molar-refractivity contribution in [2.24, 2.45) is 12.5 Å². The van der Waals surface area contributed by atoms with Gasteiger partial charge in [-0.05, 0) is 48.1 Å². The molecule has 1 saturated heterocycles. The topological polar surface area (TPSA) is 93.3 Å². The van der Waals surface area contributed by atoms with Crippen molar-refractivity contribution in [2.45, 2.75) is 43.6 Å². The fourth-order valence-electron chi connectivity index (χ4n) is 5.55. The molecule has 7 heteroatoms. The third-order valence-electron chi connectivity index (χ3n) is 6.67. The van der Waals surface area contributed by atoms with E-state index in [0.717, 1.165) is 35.9 Å². The van der Waals surface area contributed by atoms with Crippen molar-refractivity contribution in [3.05, 3.63) is 34.2 Å². The van der Waals surface area contributed by atoms with Crippen LogP contribution in [0.4, 0.5) is 0 Å². The van der Waals surface area contributed by atoms with Crippen LogP contribution in [0.1, 0.15) is 43.7 Å². The number of para-hydroxylation sites is 1. The molecule has 4 aliphatic rings. The van der Waals surface area contributed by atoms with Crippen LogP contribution in [0, 0.1) is 5.41 Å². The monoisotopic (exact) mass is 355 g/mol. The first kappa shape index (κ1) is 15.8. The van der Waals surface area contributed by atoms with E-state index in [1.54, 1.807) is 11.6 Å². The molecule has 3 aliphatic carbocycles. The van der Waals surface area contributed by atoms with Gasteiger partial charge in [-0.3, -0.25) is 24.0 Å². The summed E-state index contributed by atoms with van der Waals surface area (Å²) in [6.45, 7) is 0.223. The summed E-state index contributed by atoms with van der Waals surface area (Å²) in [5.41, 5.74) is 2.64. The molecule has 2 aromatic rings. The number of carbonyl (C=O) groups is 2. The van der Waals surface area contributed by atoms with Crippen molar-refractivity contribution in [3.8, 4) is 0 Å². The standard InChI is InChI=1S/C19H21N3O4/c1-21-15-11(19-7-18(8-19,9-19)10-23)3-2-4-12(15)22(17(21)26)13-5-6-14(24)20-16(13)25/h2-4,13,23H,5-10H2,1H3,(H,20,24,25). The maximum Gasteiger partial charge on any atom is 0.329 e. The minimum absolute atomic E-state index is 0.0451. The van der Waals surface area contributed by atoms with Crippen LogP contribution in [0.3, 0.4) is 0 Å². The van der Waals surface area contributed by atoms with Gasteiger partial charge in [0, 0.05) is 20.1 Å². The van der Waals surface area contributed by atoms with Gasteiger partial charge in [0.15, 0.2) is 0 Å². The Kier molecular flexibility index (Phi) is 2.95. The SMILES string of the molecule is Cn1c(=O)n(C2CCC(=O)NC2=O)c2cccc(C34CC(CO)(C3)C4)c21. The Balaban J connectivity index is 1.65. The fraction of sp³-hybridized carbons (Fsp3) is 0.526. The summed E-state index contributed by atoms with van der Waals surface area (Å²) < 4.78 is 3.16. The number of nitrogens with one attached hydrogen (secondary N) is 1. The van der Waals surface area contributed by atoms with Crippen LogP contribution in [-0.4, -0.2) is 32.7 Å². The average Bonchev–Trinajstić information content (AvgIpc) is 2.78. The van der Waals surface area contributed by atoms with Gasteiger partial charge in [0.05, 0.1) is 11.0 Å². The van der Waals surface area contributed by atoms with Gasteiger partial charge in [-0.15, -0.1) is 0 Å². The zero-order valence-electron chi connectivity index (χ0n) is 14.6. The molecule has 4 fully saturated rings. The molecule has 2 N–H and O–H groups in total. The molecule has 3 saturated carbocycles. The average molecular weight is 355 g/mol. The van der Waals surface area contributed by atoms with Crippen LogP contribution in [0.5, 0.6) is 0 Å². The summed E-state index contributed by atoms with van der Waals surface area (Å²) in [7, 11) is 1.74. The Hall–Kier alpha value is -2.41. The molecule has 1 aliphatic heterocycles. The number of imidazole rings is 1. The van der Waals surface area contributed by atoms with E-state index in [9.17, 15) is 19.5 Å². The Morgan fingerprint density at radius 3 is 2.62 bits per heavy atom. The second kappa shape index (κ2) is 4.85. The molecular formula is C19H21N3O4. The molecule has 7 nitrogen and oxygen atoms in total. The van der Waals surface area contributed by atoms with E-state index >= 15 is 0 Å². The van der Waals surface area contributed by atoms with Gasteiger partial charge >= 0.3 is 5.69 Å². The molecule has 26 heavy (non-hydrogen) atoms. The Bertz CT molecular complexity index is 1010. The highest BCUT2D eigenvalue weighted by atomic mass is 16.3. The zero-order valence-corrected chi connectivity index (χ0v) is 14.6. The first-order chi connectivity index (χ1) is 12.4. The lowest BCUT2D eigenvalue weighted by molar-refractivity contribution is -0.167. The van der Waals surface area contributed by atoms with Crippen molar-refractivity contribution in [1.82, 2.24) is 14.5 Å². The molecule has 2 bridgehead atoms. The van der Waals surface area contributed by atoms with E-state index in [2.05, 4.69) is 11.4 Å². The molecule has 1 aromatic carbocycles. The van der Waals surface area contributed by atoms with Crippen LogP contribution >= 0.6 is 0 Å². The van der Waals surface area contributed by atoms with Gasteiger partial charge < -0.3 is 5.11 Å². The van der Waals surface area contributed by atoms with Gasteiger partial charge in [-0.1, -0.05) is 12.1 Å². The van der Waals surface area contributed by atoms with Gasteiger partial charge in [0.1, 0.15) is 6.04 Å². The van der Waals surface area contributed by atoms with E-state index in [0.29, 0.717) is 6.42 Å². The highest BCUT2D eigenvalue weighted by Crippen LogP contribution is 2.73. The van der Waals surface area contributed by atoms with Crippen molar-refractivity contribution < 1.29 is 14.7 Å². The molecule has 6 rings (SSSR count). The Labute approximate surface area is 149 Å². The molecule has 2 heterocycles. The van der Waals surface area contributed by atoms with Crippen molar-refractivity contribution in [2.75, 3.05) is 6.61 Å². The molecule has 1 unspecified atom stereocenters. The maximum atomic E-state index is 13.0. The number of hydrogen-bond acceptors (Lipinski definition) is 4. The van der Waals surface area contributed by atoms with Crippen LogP contribution in [0.2, 0.25) is 0 Å². The van der Waals surface area contributed by atoms with Gasteiger partial charge in [0.25, 0.3) is 0 Å². The molecular weight excluding hydrogens is 334 g/mol. The second-order valence-electron chi connectivity index (χ2n) is 8.32. The first-order valence-electron chi connectivity index (χ1n) is 9.05. The number of imide groups is 1. The number of aryl methyl sites for hydroxylation is 1. The van der Waals surface area contributed by atoms with E-state index in [1.165, 1.54) is 4.57 Å². The maximum absolute atomic E-state index is 13.0. The number of nitrogens with zero attached hydrogens (tertiary/aromatic N) is 2. The van der Waals surface area contributed by atoms with Gasteiger partial charge in [-0.25, -0.2) is 4.79 Å². The largest absolute Gasteiger partial charge is 0.396 e. The van der Waals surface area contributed by atoms with Crippen LogP contribution in [0.15, 0.2) is 23.0 Å². The number of aliphatic hydroxyl groups excluding tert-OH is 1. The quantitative estimate of drug-likeness (QED) is 0.794. The minimum Gasteiger partial charge on any atom is -0.396 e. The number of piperidine rings is 1. The number of aliphatic hydroxyl groups is 1.